The lowest BCUT2D eigenvalue weighted by atomic mass is 10.2. The molecule has 0 aliphatic heterocycles. The van der Waals surface area contributed by atoms with Gasteiger partial charge in [0, 0.05) is 12.5 Å². The van der Waals surface area contributed by atoms with Crippen molar-refractivity contribution in [1.82, 2.24) is 0 Å². The SMILES string of the molecule is CCC(=O)Oc1ccc2c(=O)c(Oc3ccccc3Br)c(C)oc2c1. The van der Waals surface area contributed by atoms with Gasteiger partial charge < -0.3 is 13.9 Å². The van der Waals surface area contributed by atoms with Gasteiger partial charge in [-0.15, -0.1) is 0 Å². The molecule has 0 aliphatic rings. The molecule has 0 spiro atoms. The quantitative estimate of drug-likeness (QED) is 0.455. The molecule has 6 heteroatoms. The van der Waals surface area contributed by atoms with Crippen LogP contribution in [-0.4, -0.2) is 5.97 Å². The van der Waals surface area contributed by atoms with E-state index in [1.165, 1.54) is 6.07 Å². The van der Waals surface area contributed by atoms with Crippen molar-refractivity contribution in [2.75, 3.05) is 0 Å². The number of halogens is 1. The smallest absolute Gasteiger partial charge is 0.310 e. The lowest BCUT2D eigenvalue weighted by Gasteiger charge is -2.10. The maximum Gasteiger partial charge on any atom is 0.310 e. The molecule has 1 heterocycles. The van der Waals surface area contributed by atoms with Gasteiger partial charge in [0.25, 0.3) is 0 Å². The third kappa shape index (κ3) is 3.58. The molecule has 0 N–H and O–H groups in total. The summed E-state index contributed by atoms with van der Waals surface area (Å²) in [6, 6.07) is 11.9. The highest BCUT2D eigenvalue weighted by Crippen LogP contribution is 2.31. The molecule has 128 valence electrons. The molecule has 0 saturated carbocycles. The number of ether oxygens (including phenoxy) is 2. The van der Waals surface area contributed by atoms with Crippen molar-refractivity contribution in [3.8, 4) is 17.2 Å². The predicted octanol–water partition coefficient (Wildman–Crippen LogP) is 4.97. The van der Waals surface area contributed by atoms with Crippen molar-refractivity contribution >= 4 is 32.9 Å². The Bertz CT molecular complexity index is 1010. The zero-order valence-electron chi connectivity index (χ0n) is 13.7. The number of para-hydroxylation sites is 1. The fourth-order valence-corrected chi connectivity index (χ4v) is 2.66. The maximum absolute atomic E-state index is 12.7. The Hall–Kier alpha value is -2.60. The standard InChI is InChI=1S/C19H15BrO5/c1-3-17(21)24-12-8-9-13-16(10-12)23-11(2)19(18(13)22)25-15-7-5-4-6-14(15)20/h4-10H,3H2,1-2H3. The average Bonchev–Trinajstić information content (AvgIpc) is 2.59. The second-order valence-corrected chi connectivity index (χ2v) is 6.19. The van der Waals surface area contributed by atoms with Crippen LogP contribution in [0.1, 0.15) is 19.1 Å². The molecule has 2 aromatic carbocycles. The molecule has 3 rings (SSSR count). The third-order valence-corrected chi connectivity index (χ3v) is 4.21. The first kappa shape index (κ1) is 17.2. The van der Waals surface area contributed by atoms with E-state index in [-0.39, 0.29) is 23.6 Å². The zero-order chi connectivity index (χ0) is 18.0. The number of carbonyl (C=O) groups excluding carboxylic acids is 1. The second kappa shape index (κ2) is 7.11. The van der Waals surface area contributed by atoms with Crippen LogP contribution in [0.5, 0.6) is 17.2 Å². The molecule has 0 bridgehead atoms. The van der Waals surface area contributed by atoms with Gasteiger partial charge in [-0.05, 0) is 47.1 Å². The normalized spacial score (nSPS) is 10.7. The van der Waals surface area contributed by atoms with Crippen molar-refractivity contribution in [2.24, 2.45) is 0 Å². The highest BCUT2D eigenvalue weighted by Gasteiger charge is 2.16. The number of aryl methyl sites for hydroxylation is 1. The van der Waals surface area contributed by atoms with Crippen molar-refractivity contribution < 1.29 is 18.7 Å². The first-order valence-electron chi connectivity index (χ1n) is 7.70. The average molecular weight is 403 g/mol. The number of benzene rings is 2. The van der Waals surface area contributed by atoms with Crippen LogP contribution in [0.15, 0.2) is 56.1 Å². The molecule has 0 radical (unpaired) electrons. The number of esters is 1. The Morgan fingerprint density at radius 2 is 1.96 bits per heavy atom. The molecule has 3 aromatic rings. The lowest BCUT2D eigenvalue weighted by Crippen LogP contribution is -2.09. The Balaban J connectivity index is 2.04. The van der Waals surface area contributed by atoms with E-state index in [4.69, 9.17) is 13.9 Å². The maximum atomic E-state index is 12.7. The zero-order valence-corrected chi connectivity index (χ0v) is 15.3. The van der Waals surface area contributed by atoms with Crippen LogP contribution in [0.4, 0.5) is 0 Å². The summed E-state index contributed by atoms with van der Waals surface area (Å²) in [6.45, 7) is 3.36. The van der Waals surface area contributed by atoms with Gasteiger partial charge in [-0.1, -0.05) is 19.1 Å². The highest BCUT2D eigenvalue weighted by molar-refractivity contribution is 9.10. The summed E-state index contributed by atoms with van der Waals surface area (Å²) in [4.78, 5) is 24.1. The number of hydrogen-bond acceptors (Lipinski definition) is 5. The molecule has 0 amide bonds. The molecule has 0 atom stereocenters. The van der Waals surface area contributed by atoms with Crippen LogP contribution in [-0.2, 0) is 4.79 Å². The van der Waals surface area contributed by atoms with Gasteiger partial charge in [0.05, 0.1) is 9.86 Å². The molecule has 0 fully saturated rings. The Labute approximate surface area is 152 Å². The van der Waals surface area contributed by atoms with Gasteiger partial charge in [0.15, 0.2) is 0 Å². The topological polar surface area (TPSA) is 65.7 Å². The summed E-state index contributed by atoms with van der Waals surface area (Å²) in [6.07, 6.45) is 0.264. The molecular formula is C19H15BrO5. The molecule has 0 saturated heterocycles. The number of hydrogen-bond donors (Lipinski definition) is 0. The van der Waals surface area contributed by atoms with Gasteiger partial charge in [0.2, 0.25) is 11.2 Å². The first-order valence-corrected chi connectivity index (χ1v) is 8.49. The van der Waals surface area contributed by atoms with Crippen LogP contribution in [0.3, 0.4) is 0 Å². The third-order valence-electron chi connectivity index (χ3n) is 3.56. The summed E-state index contributed by atoms with van der Waals surface area (Å²) in [5.74, 6) is 0.962. The van der Waals surface area contributed by atoms with Gasteiger partial charge in [0.1, 0.15) is 22.8 Å². The molecule has 1 aromatic heterocycles. The van der Waals surface area contributed by atoms with Crippen molar-refractivity contribution in [2.45, 2.75) is 20.3 Å². The Kier molecular flexibility index (Phi) is 4.90. The molecular weight excluding hydrogens is 388 g/mol. The van der Waals surface area contributed by atoms with E-state index in [0.29, 0.717) is 28.2 Å². The highest BCUT2D eigenvalue weighted by atomic mass is 79.9. The fraction of sp³-hybridized carbons (Fsp3) is 0.158. The van der Waals surface area contributed by atoms with Crippen LogP contribution in [0.2, 0.25) is 0 Å². The van der Waals surface area contributed by atoms with Crippen LogP contribution < -0.4 is 14.9 Å². The van der Waals surface area contributed by atoms with Crippen LogP contribution in [0.25, 0.3) is 11.0 Å². The number of rotatable bonds is 4. The summed E-state index contributed by atoms with van der Waals surface area (Å²) >= 11 is 3.39. The minimum Gasteiger partial charge on any atom is -0.457 e. The van der Waals surface area contributed by atoms with E-state index in [1.54, 1.807) is 32.0 Å². The van der Waals surface area contributed by atoms with E-state index in [0.717, 1.165) is 4.47 Å². The minimum absolute atomic E-state index is 0.123. The monoisotopic (exact) mass is 402 g/mol. The van der Waals surface area contributed by atoms with E-state index < -0.39 is 0 Å². The summed E-state index contributed by atoms with van der Waals surface area (Å²) in [7, 11) is 0. The van der Waals surface area contributed by atoms with Crippen molar-refractivity contribution in [3.05, 3.63) is 62.9 Å². The summed E-state index contributed by atoms with van der Waals surface area (Å²) in [5.41, 5.74) is 0.0475. The second-order valence-electron chi connectivity index (χ2n) is 5.33. The van der Waals surface area contributed by atoms with E-state index in [1.807, 2.05) is 18.2 Å². The molecule has 0 aliphatic carbocycles. The Morgan fingerprint density at radius 1 is 1.20 bits per heavy atom. The number of carbonyl (C=O) groups is 1. The van der Waals surface area contributed by atoms with Crippen LogP contribution in [0, 0.1) is 6.92 Å². The molecule has 5 nitrogen and oxygen atoms in total. The molecule has 25 heavy (non-hydrogen) atoms. The van der Waals surface area contributed by atoms with Crippen molar-refractivity contribution in [3.63, 3.8) is 0 Å². The van der Waals surface area contributed by atoms with Crippen LogP contribution >= 0.6 is 15.9 Å². The Morgan fingerprint density at radius 3 is 2.68 bits per heavy atom. The minimum atomic E-state index is -0.354. The predicted molar refractivity (Wildman–Crippen MR) is 97.4 cm³/mol. The van der Waals surface area contributed by atoms with Crippen molar-refractivity contribution in [1.29, 1.82) is 0 Å². The summed E-state index contributed by atoms with van der Waals surface area (Å²) in [5, 5.41) is 0.351. The fourth-order valence-electron chi connectivity index (χ4n) is 2.29. The lowest BCUT2D eigenvalue weighted by molar-refractivity contribution is -0.134. The summed E-state index contributed by atoms with van der Waals surface area (Å²) < 4.78 is 17.3. The first-order chi connectivity index (χ1) is 12.0. The van der Waals surface area contributed by atoms with Gasteiger partial charge in [-0.25, -0.2) is 0 Å². The largest absolute Gasteiger partial charge is 0.457 e. The van der Waals surface area contributed by atoms with E-state index in [2.05, 4.69) is 15.9 Å². The van der Waals surface area contributed by atoms with Gasteiger partial charge in [-0.2, -0.15) is 0 Å². The van der Waals surface area contributed by atoms with E-state index in [9.17, 15) is 9.59 Å². The van der Waals surface area contributed by atoms with Gasteiger partial charge in [-0.3, -0.25) is 9.59 Å². The van der Waals surface area contributed by atoms with Gasteiger partial charge >= 0.3 is 5.97 Å². The number of fused-ring (bicyclic) bond motifs is 1. The molecule has 0 unspecified atom stereocenters. The van der Waals surface area contributed by atoms with E-state index >= 15 is 0 Å².